The summed E-state index contributed by atoms with van der Waals surface area (Å²) in [5.41, 5.74) is 1.24. The molecule has 1 aromatic heterocycles. The van der Waals surface area contributed by atoms with E-state index in [0.717, 1.165) is 39.0 Å². The molecule has 1 aromatic rings. The Labute approximate surface area is 120 Å². The quantitative estimate of drug-likeness (QED) is 0.869. The minimum atomic E-state index is -0.124. The summed E-state index contributed by atoms with van der Waals surface area (Å²) in [4.78, 5) is 1.36. The maximum absolute atomic E-state index is 5.96. The van der Waals surface area contributed by atoms with Crippen molar-refractivity contribution >= 4 is 11.3 Å². The first-order valence-corrected chi connectivity index (χ1v) is 8.01. The van der Waals surface area contributed by atoms with E-state index in [0.29, 0.717) is 0 Å². The lowest BCUT2D eigenvalue weighted by Crippen LogP contribution is -2.49. The molecule has 1 N–H and O–H groups in total. The molecule has 19 heavy (non-hydrogen) atoms. The van der Waals surface area contributed by atoms with Crippen LogP contribution in [0.1, 0.15) is 42.7 Å². The lowest BCUT2D eigenvalue weighted by Gasteiger charge is -2.42. The van der Waals surface area contributed by atoms with E-state index in [1.165, 1.54) is 10.4 Å². The number of hydrogen-bond donors (Lipinski definition) is 1. The summed E-state index contributed by atoms with van der Waals surface area (Å²) in [5, 5.41) is 5.95. The summed E-state index contributed by atoms with van der Waals surface area (Å²) in [6.45, 7) is 6.97. The summed E-state index contributed by atoms with van der Waals surface area (Å²) < 4.78 is 11.5. The molecule has 0 spiro atoms. The third-order valence-electron chi connectivity index (χ3n) is 3.95. The number of thiophene rings is 1. The van der Waals surface area contributed by atoms with Gasteiger partial charge in [0.15, 0.2) is 0 Å². The van der Waals surface area contributed by atoms with Gasteiger partial charge in [0.1, 0.15) is 0 Å². The second-order valence-corrected chi connectivity index (χ2v) is 6.37. The highest BCUT2D eigenvalue weighted by atomic mass is 32.1. The molecule has 0 aliphatic carbocycles. The number of nitrogens with one attached hydrogen (secondary N) is 1. The Kier molecular flexibility index (Phi) is 5.39. The van der Waals surface area contributed by atoms with Crippen LogP contribution in [0, 0.1) is 6.92 Å². The number of ether oxygens (including phenoxy) is 2. The van der Waals surface area contributed by atoms with Gasteiger partial charge in [-0.25, -0.2) is 0 Å². The summed E-state index contributed by atoms with van der Waals surface area (Å²) in [6.07, 6.45) is 3.05. The highest BCUT2D eigenvalue weighted by molar-refractivity contribution is 7.10. The molecule has 3 nitrogen and oxygen atoms in total. The summed E-state index contributed by atoms with van der Waals surface area (Å²) in [6, 6.07) is 2.56. The van der Waals surface area contributed by atoms with Crippen LogP contribution in [0.3, 0.4) is 0 Å². The number of hydrogen-bond acceptors (Lipinski definition) is 4. The summed E-state index contributed by atoms with van der Waals surface area (Å²) >= 11 is 1.81. The Morgan fingerprint density at radius 1 is 1.47 bits per heavy atom. The molecule has 4 heteroatoms. The molecule has 2 heterocycles. The monoisotopic (exact) mass is 283 g/mol. The van der Waals surface area contributed by atoms with Crippen molar-refractivity contribution in [3.8, 4) is 0 Å². The van der Waals surface area contributed by atoms with Gasteiger partial charge in [-0.2, -0.15) is 0 Å². The highest BCUT2D eigenvalue weighted by Gasteiger charge is 2.41. The van der Waals surface area contributed by atoms with E-state index in [-0.39, 0.29) is 11.6 Å². The van der Waals surface area contributed by atoms with Gasteiger partial charge in [0.25, 0.3) is 0 Å². The first kappa shape index (κ1) is 15.0. The van der Waals surface area contributed by atoms with Crippen molar-refractivity contribution in [2.45, 2.75) is 44.8 Å². The van der Waals surface area contributed by atoms with Gasteiger partial charge in [-0.15, -0.1) is 11.3 Å². The third-order valence-corrected chi connectivity index (χ3v) is 4.83. The molecule has 0 aromatic carbocycles. The first-order chi connectivity index (χ1) is 9.22. The lowest BCUT2D eigenvalue weighted by atomic mass is 9.82. The largest absolute Gasteiger partial charge is 0.381 e. The zero-order valence-electron chi connectivity index (χ0n) is 12.2. The molecule has 1 atom stereocenters. The fraction of sp³-hybridized carbons (Fsp3) is 0.733. The predicted octanol–water partition coefficient (Wildman–Crippen LogP) is 3.29. The predicted molar refractivity (Wildman–Crippen MR) is 79.9 cm³/mol. The topological polar surface area (TPSA) is 30.5 Å². The second kappa shape index (κ2) is 6.84. The lowest BCUT2D eigenvalue weighted by molar-refractivity contribution is -0.111. The smallest absolute Gasteiger partial charge is 0.0916 e. The summed E-state index contributed by atoms with van der Waals surface area (Å²) in [5.74, 6) is 0. The van der Waals surface area contributed by atoms with Crippen molar-refractivity contribution < 1.29 is 9.47 Å². The van der Waals surface area contributed by atoms with Crippen molar-refractivity contribution in [2.24, 2.45) is 0 Å². The molecular weight excluding hydrogens is 258 g/mol. The van der Waals surface area contributed by atoms with Crippen LogP contribution in [0.4, 0.5) is 0 Å². The van der Waals surface area contributed by atoms with Crippen molar-refractivity contribution in [1.82, 2.24) is 5.32 Å². The zero-order valence-corrected chi connectivity index (χ0v) is 13.0. The fourth-order valence-corrected chi connectivity index (χ4v) is 3.57. The normalized spacial score (nSPS) is 20.4. The fourth-order valence-electron chi connectivity index (χ4n) is 2.84. The molecule has 1 fully saturated rings. The average molecular weight is 283 g/mol. The molecule has 1 aliphatic heterocycles. The van der Waals surface area contributed by atoms with E-state index in [2.05, 4.69) is 30.6 Å². The van der Waals surface area contributed by atoms with Gasteiger partial charge in [0, 0.05) is 38.0 Å². The Bertz CT molecular complexity index is 385. The van der Waals surface area contributed by atoms with Gasteiger partial charge < -0.3 is 14.8 Å². The summed E-state index contributed by atoms with van der Waals surface area (Å²) in [7, 11) is 1.84. The molecule has 0 saturated carbocycles. The van der Waals surface area contributed by atoms with E-state index < -0.39 is 0 Å². The van der Waals surface area contributed by atoms with Gasteiger partial charge in [0.05, 0.1) is 11.6 Å². The van der Waals surface area contributed by atoms with Crippen molar-refractivity contribution in [1.29, 1.82) is 0 Å². The van der Waals surface area contributed by atoms with Crippen LogP contribution in [-0.2, 0) is 9.47 Å². The number of aryl methyl sites for hydroxylation is 1. The second-order valence-electron chi connectivity index (χ2n) is 5.26. The van der Waals surface area contributed by atoms with Gasteiger partial charge in [-0.3, -0.25) is 0 Å². The maximum Gasteiger partial charge on any atom is 0.0916 e. The molecule has 1 saturated heterocycles. The SMILES string of the molecule is CCCNC(c1csc(C)c1)C1(OC)CCOCC1. The van der Waals surface area contributed by atoms with E-state index in [9.17, 15) is 0 Å². The Morgan fingerprint density at radius 3 is 2.74 bits per heavy atom. The molecule has 108 valence electrons. The van der Waals surface area contributed by atoms with Crippen LogP contribution in [-0.4, -0.2) is 32.5 Å². The van der Waals surface area contributed by atoms with Crippen LogP contribution in [0.5, 0.6) is 0 Å². The minimum absolute atomic E-state index is 0.124. The number of rotatable bonds is 6. The molecular formula is C15H25NO2S. The molecule has 0 radical (unpaired) electrons. The van der Waals surface area contributed by atoms with Gasteiger partial charge in [-0.05, 0) is 36.9 Å². The van der Waals surface area contributed by atoms with E-state index in [4.69, 9.17) is 9.47 Å². The molecule has 1 aliphatic rings. The first-order valence-electron chi connectivity index (χ1n) is 7.13. The standard InChI is InChI=1S/C15H25NO2S/c1-4-7-16-14(13-10-12(2)19-11-13)15(17-3)5-8-18-9-6-15/h10-11,14,16H,4-9H2,1-3H3. The zero-order chi connectivity index (χ0) is 13.7. The molecule has 0 bridgehead atoms. The molecule has 0 amide bonds. The van der Waals surface area contributed by atoms with Crippen molar-refractivity contribution in [3.05, 3.63) is 21.9 Å². The maximum atomic E-state index is 5.96. The molecule has 1 unspecified atom stereocenters. The van der Waals surface area contributed by atoms with Crippen LogP contribution in [0.25, 0.3) is 0 Å². The Morgan fingerprint density at radius 2 is 2.21 bits per heavy atom. The Balaban J connectivity index is 2.24. The number of methoxy groups -OCH3 is 1. The highest BCUT2D eigenvalue weighted by Crippen LogP contribution is 2.38. The van der Waals surface area contributed by atoms with E-state index in [1.54, 1.807) is 0 Å². The van der Waals surface area contributed by atoms with E-state index >= 15 is 0 Å². The Hall–Kier alpha value is -0.420. The van der Waals surface area contributed by atoms with Crippen LogP contribution < -0.4 is 5.32 Å². The average Bonchev–Trinajstić information content (AvgIpc) is 2.86. The van der Waals surface area contributed by atoms with Crippen molar-refractivity contribution in [3.63, 3.8) is 0 Å². The minimum Gasteiger partial charge on any atom is -0.381 e. The van der Waals surface area contributed by atoms with Crippen LogP contribution >= 0.6 is 11.3 Å². The van der Waals surface area contributed by atoms with Gasteiger partial charge in [0.2, 0.25) is 0 Å². The van der Waals surface area contributed by atoms with Gasteiger partial charge >= 0.3 is 0 Å². The van der Waals surface area contributed by atoms with E-state index in [1.807, 2.05) is 18.4 Å². The third kappa shape index (κ3) is 3.37. The van der Waals surface area contributed by atoms with Crippen LogP contribution in [0.15, 0.2) is 11.4 Å². The molecule has 2 rings (SSSR count). The van der Waals surface area contributed by atoms with Crippen molar-refractivity contribution in [2.75, 3.05) is 26.9 Å². The van der Waals surface area contributed by atoms with Crippen LogP contribution in [0.2, 0.25) is 0 Å². The van der Waals surface area contributed by atoms with Gasteiger partial charge in [-0.1, -0.05) is 6.92 Å².